The molecule has 0 bridgehead atoms. The minimum atomic E-state index is -0.331. The molecule has 0 aliphatic rings. The molecule has 0 aliphatic heterocycles. The molecule has 0 aliphatic carbocycles. The molecule has 0 amide bonds. The summed E-state index contributed by atoms with van der Waals surface area (Å²) in [5, 5.41) is 9.55. The van der Waals surface area contributed by atoms with Crippen LogP contribution >= 0.6 is 0 Å². The van der Waals surface area contributed by atoms with Crippen LogP contribution in [0, 0.1) is 12.7 Å². The molecule has 0 heterocycles. The fourth-order valence-corrected chi connectivity index (χ4v) is 1.69. The van der Waals surface area contributed by atoms with Crippen molar-refractivity contribution in [3.8, 4) is 16.9 Å². The van der Waals surface area contributed by atoms with Crippen molar-refractivity contribution in [1.82, 2.24) is 0 Å². The van der Waals surface area contributed by atoms with E-state index in [0.29, 0.717) is 23.0 Å². The molecule has 0 saturated heterocycles. The highest BCUT2D eigenvalue weighted by Crippen LogP contribution is 2.29. The van der Waals surface area contributed by atoms with E-state index in [1.54, 1.807) is 31.2 Å². The first kappa shape index (κ1) is 11.3. The highest BCUT2D eigenvalue weighted by atomic mass is 19.1. The van der Waals surface area contributed by atoms with Gasteiger partial charge in [-0.05, 0) is 35.7 Å². The SMILES string of the molecule is Cc1ccc(-c2cccc(O)c2C=O)cc1F. The normalized spacial score (nSPS) is 10.2. The van der Waals surface area contributed by atoms with Gasteiger partial charge in [0.05, 0.1) is 5.56 Å². The Bertz CT molecular complexity index is 576. The van der Waals surface area contributed by atoms with E-state index < -0.39 is 0 Å². The smallest absolute Gasteiger partial charge is 0.154 e. The number of benzene rings is 2. The van der Waals surface area contributed by atoms with Crippen LogP contribution in [0.1, 0.15) is 15.9 Å². The molecule has 0 atom stereocenters. The van der Waals surface area contributed by atoms with E-state index in [1.165, 1.54) is 12.1 Å². The molecule has 0 spiro atoms. The van der Waals surface area contributed by atoms with Gasteiger partial charge < -0.3 is 5.11 Å². The fourth-order valence-electron chi connectivity index (χ4n) is 1.69. The number of phenols is 1. The molecule has 2 aromatic carbocycles. The molecule has 2 aromatic rings. The average molecular weight is 230 g/mol. The van der Waals surface area contributed by atoms with E-state index in [-0.39, 0.29) is 17.1 Å². The third-order valence-corrected chi connectivity index (χ3v) is 2.68. The Morgan fingerprint density at radius 2 is 2.00 bits per heavy atom. The molecule has 0 aromatic heterocycles. The first-order chi connectivity index (χ1) is 8.13. The van der Waals surface area contributed by atoms with Crippen molar-refractivity contribution >= 4 is 6.29 Å². The Labute approximate surface area is 98.3 Å². The predicted octanol–water partition coefficient (Wildman–Crippen LogP) is 3.32. The van der Waals surface area contributed by atoms with Crippen molar-refractivity contribution in [3.05, 3.63) is 53.3 Å². The number of hydrogen-bond acceptors (Lipinski definition) is 2. The van der Waals surface area contributed by atoms with Crippen LogP contribution in [0.4, 0.5) is 4.39 Å². The number of aryl methyl sites for hydroxylation is 1. The summed E-state index contributed by atoms with van der Waals surface area (Å²) in [6.45, 7) is 1.67. The van der Waals surface area contributed by atoms with E-state index in [9.17, 15) is 14.3 Å². The molecule has 0 radical (unpaired) electrons. The van der Waals surface area contributed by atoms with Gasteiger partial charge in [-0.3, -0.25) is 4.79 Å². The van der Waals surface area contributed by atoms with Crippen LogP contribution in [-0.2, 0) is 0 Å². The number of rotatable bonds is 2. The Balaban J connectivity index is 2.64. The number of aldehydes is 1. The van der Waals surface area contributed by atoms with Crippen LogP contribution < -0.4 is 0 Å². The van der Waals surface area contributed by atoms with Gasteiger partial charge in [-0.2, -0.15) is 0 Å². The minimum absolute atomic E-state index is 0.0986. The minimum Gasteiger partial charge on any atom is -0.507 e. The number of phenolic OH excluding ortho intramolecular Hbond substituents is 1. The molecule has 17 heavy (non-hydrogen) atoms. The van der Waals surface area contributed by atoms with Gasteiger partial charge in [-0.25, -0.2) is 4.39 Å². The molecule has 2 nitrogen and oxygen atoms in total. The molecule has 0 fully saturated rings. The Morgan fingerprint density at radius 3 is 2.65 bits per heavy atom. The number of carbonyl (C=O) groups is 1. The van der Waals surface area contributed by atoms with Gasteiger partial charge >= 0.3 is 0 Å². The van der Waals surface area contributed by atoms with Crippen LogP contribution in [0.5, 0.6) is 5.75 Å². The average Bonchev–Trinajstić information content (AvgIpc) is 2.32. The van der Waals surface area contributed by atoms with Crippen molar-refractivity contribution < 1.29 is 14.3 Å². The maximum absolute atomic E-state index is 13.5. The fraction of sp³-hybridized carbons (Fsp3) is 0.0714. The van der Waals surface area contributed by atoms with Gasteiger partial charge in [0.2, 0.25) is 0 Å². The van der Waals surface area contributed by atoms with Gasteiger partial charge in [0.25, 0.3) is 0 Å². The summed E-state index contributed by atoms with van der Waals surface area (Å²) < 4.78 is 13.5. The number of aromatic hydroxyl groups is 1. The summed E-state index contributed by atoms with van der Waals surface area (Å²) >= 11 is 0. The largest absolute Gasteiger partial charge is 0.507 e. The maximum Gasteiger partial charge on any atom is 0.154 e. The lowest BCUT2D eigenvalue weighted by atomic mass is 9.98. The van der Waals surface area contributed by atoms with E-state index in [2.05, 4.69) is 0 Å². The molecule has 0 unspecified atom stereocenters. The van der Waals surface area contributed by atoms with Gasteiger partial charge in [0.15, 0.2) is 6.29 Å². The zero-order valence-corrected chi connectivity index (χ0v) is 9.27. The number of halogens is 1. The number of carbonyl (C=O) groups excluding carboxylic acids is 1. The second kappa shape index (κ2) is 4.37. The Hall–Kier alpha value is -2.16. The van der Waals surface area contributed by atoms with Crippen LogP contribution in [-0.4, -0.2) is 11.4 Å². The summed E-state index contributed by atoms with van der Waals surface area (Å²) in [4.78, 5) is 10.9. The maximum atomic E-state index is 13.5. The Kier molecular flexibility index (Phi) is 2.91. The van der Waals surface area contributed by atoms with Crippen LogP contribution in [0.25, 0.3) is 11.1 Å². The molecular formula is C14H11FO2. The predicted molar refractivity (Wildman–Crippen MR) is 63.6 cm³/mol. The standard InChI is InChI=1S/C14H11FO2/c1-9-5-6-10(7-13(9)15)11-3-2-4-14(17)12(11)8-16/h2-8,17H,1H3. The van der Waals surface area contributed by atoms with E-state index in [1.807, 2.05) is 0 Å². The topological polar surface area (TPSA) is 37.3 Å². The summed E-state index contributed by atoms with van der Waals surface area (Å²) in [5.41, 5.74) is 1.82. The monoisotopic (exact) mass is 230 g/mol. The van der Waals surface area contributed by atoms with Crippen molar-refractivity contribution in [2.45, 2.75) is 6.92 Å². The number of hydrogen-bond donors (Lipinski definition) is 1. The highest BCUT2D eigenvalue weighted by molar-refractivity contribution is 5.90. The third-order valence-electron chi connectivity index (χ3n) is 2.68. The van der Waals surface area contributed by atoms with Crippen LogP contribution in [0.2, 0.25) is 0 Å². The van der Waals surface area contributed by atoms with Crippen molar-refractivity contribution in [2.24, 2.45) is 0 Å². The lowest BCUT2D eigenvalue weighted by Gasteiger charge is -2.07. The van der Waals surface area contributed by atoms with E-state index in [0.717, 1.165) is 0 Å². The molecule has 3 heteroatoms. The van der Waals surface area contributed by atoms with Crippen LogP contribution in [0.3, 0.4) is 0 Å². The quantitative estimate of drug-likeness (QED) is 0.803. The lowest BCUT2D eigenvalue weighted by molar-refractivity contribution is 0.112. The highest BCUT2D eigenvalue weighted by Gasteiger charge is 2.09. The van der Waals surface area contributed by atoms with Crippen molar-refractivity contribution in [3.63, 3.8) is 0 Å². The summed E-state index contributed by atoms with van der Waals surface area (Å²) in [7, 11) is 0. The summed E-state index contributed by atoms with van der Waals surface area (Å²) in [5.74, 6) is -0.429. The van der Waals surface area contributed by atoms with Crippen LogP contribution in [0.15, 0.2) is 36.4 Å². The molecule has 86 valence electrons. The Morgan fingerprint density at radius 1 is 1.24 bits per heavy atom. The molecule has 1 N–H and O–H groups in total. The lowest BCUT2D eigenvalue weighted by Crippen LogP contribution is -1.90. The van der Waals surface area contributed by atoms with Gasteiger partial charge in [-0.1, -0.05) is 24.3 Å². The van der Waals surface area contributed by atoms with E-state index >= 15 is 0 Å². The van der Waals surface area contributed by atoms with Gasteiger partial charge in [-0.15, -0.1) is 0 Å². The first-order valence-electron chi connectivity index (χ1n) is 5.17. The third kappa shape index (κ3) is 2.04. The second-order valence-electron chi connectivity index (χ2n) is 3.82. The first-order valence-corrected chi connectivity index (χ1v) is 5.17. The van der Waals surface area contributed by atoms with Crippen molar-refractivity contribution in [2.75, 3.05) is 0 Å². The molecule has 2 rings (SSSR count). The second-order valence-corrected chi connectivity index (χ2v) is 3.82. The molecular weight excluding hydrogens is 219 g/mol. The summed E-state index contributed by atoms with van der Waals surface area (Å²) in [6, 6.07) is 9.45. The van der Waals surface area contributed by atoms with E-state index in [4.69, 9.17) is 0 Å². The summed E-state index contributed by atoms with van der Waals surface area (Å²) in [6.07, 6.45) is 0.572. The van der Waals surface area contributed by atoms with Gasteiger partial charge in [0, 0.05) is 0 Å². The zero-order chi connectivity index (χ0) is 12.4. The zero-order valence-electron chi connectivity index (χ0n) is 9.27. The molecule has 0 saturated carbocycles. The van der Waals surface area contributed by atoms with Crippen molar-refractivity contribution in [1.29, 1.82) is 0 Å². The van der Waals surface area contributed by atoms with Gasteiger partial charge in [0.1, 0.15) is 11.6 Å².